The lowest BCUT2D eigenvalue weighted by atomic mass is 10.2. The lowest BCUT2D eigenvalue weighted by Gasteiger charge is -1.92. The summed E-state index contributed by atoms with van der Waals surface area (Å²) in [5.41, 5.74) is 0.924. The first-order chi connectivity index (χ1) is 10.6. The molecule has 0 saturated heterocycles. The Balaban J connectivity index is -0.000000111. The van der Waals surface area contributed by atoms with Gasteiger partial charge >= 0.3 is 13.4 Å². The monoisotopic (exact) mass is 424 g/mol. The fourth-order valence-corrected chi connectivity index (χ4v) is 0.563. The van der Waals surface area contributed by atoms with Crippen molar-refractivity contribution in [3.63, 3.8) is 0 Å². The van der Waals surface area contributed by atoms with Crippen LogP contribution in [0.1, 0.15) is 46.1 Å². The first kappa shape index (κ1) is 31.8. The van der Waals surface area contributed by atoms with Crippen LogP contribution in [0.2, 0.25) is 0 Å². The summed E-state index contributed by atoms with van der Waals surface area (Å²) in [6.45, 7) is 2.76. The van der Waals surface area contributed by atoms with Gasteiger partial charge in [-0.25, -0.2) is 0 Å². The molecule has 1 rings (SSSR count). The molecule has 1 aromatic rings. The minimum atomic E-state index is -3.81. The third kappa shape index (κ3) is 79.9. The summed E-state index contributed by atoms with van der Waals surface area (Å²) >= 11 is 7.21. The molecule has 0 bridgehead atoms. The van der Waals surface area contributed by atoms with Crippen molar-refractivity contribution in [3.8, 4) is 5.75 Å². The van der Waals surface area contributed by atoms with E-state index in [0.29, 0.717) is 5.75 Å². The number of rotatable bonds is 0. The van der Waals surface area contributed by atoms with Crippen LogP contribution in [0.3, 0.4) is 0 Å². The van der Waals surface area contributed by atoms with Gasteiger partial charge in [0.25, 0.3) is 0 Å². The van der Waals surface area contributed by atoms with Gasteiger partial charge in [-0.15, -0.1) is 0 Å². The van der Waals surface area contributed by atoms with Crippen molar-refractivity contribution >= 4 is 37.1 Å². The Hall–Kier alpha value is 0.0800. The van der Waals surface area contributed by atoms with E-state index in [9.17, 15) is 0 Å². The predicted molar refractivity (Wildman–Crippen MR) is 107 cm³/mol. The quantitative estimate of drug-likeness (QED) is 0.313. The highest BCUT2D eigenvalue weighted by Gasteiger charge is 1.92. The zero-order chi connectivity index (χ0) is 20.4. The van der Waals surface area contributed by atoms with Crippen LogP contribution in [-0.2, 0) is 23.6 Å². The molecule has 0 aliphatic rings. The van der Waals surface area contributed by atoms with E-state index in [0.717, 1.165) is 5.56 Å². The topological polar surface area (TPSA) is 142 Å². The van der Waals surface area contributed by atoms with Crippen molar-refractivity contribution in [2.24, 2.45) is 0 Å². The molecule has 0 saturated carbocycles. The van der Waals surface area contributed by atoms with Crippen LogP contribution in [0.4, 0.5) is 0 Å². The second kappa shape index (κ2) is 19.4. The molecule has 0 radical (unpaired) electrons. The third-order valence-corrected chi connectivity index (χ3v) is 1.12. The Bertz CT molecular complexity index is 416. The Kier molecular flexibility index (Phi) is 25.7. The van der Waals surface area contributed by atoms with Crippen molar-refractivity contribution in [2.45, 2.75) is 47.5 Å². The number of phenols is 1. The van der Waals surface area contributed by atoms with Gasteiger partial charge in [0.2, 0.25) is 0 Å². The van der Waals surface area contributed by atoms with Crippen molar-refractivity contribution < 1.29 is 34.5 Å². The smallest absolute Gasteiger partial charge is 0.319 e. The van der Waals surface area contributed by atoms with E-state index in [-0.39, 0.29) is 0 Å². The van der Waals surface area contributed by atoms with Crippen LogP contribution in [0.25, 0.3) is 0 Å². The van der Waals surface area contributed by atoms with E-state index in [1.54, 1.807) is 6.07 Å². The average Bonchev–Trinajstić information content (AvgIpc) is 2.31. The van der Waals surface area contributed by atoms with E-state index in [2.05, 4.69) is 51.3 Å². The Labute approximate surface area is 154 Å². The Morgan fingerprint density at radius 1 is 0.750 bits per heavy atom. The molecule has 0 atom stereocenters. The van der Waals surface area contributed by atoms with Crippen molar-refractivity contribution in [1.29, 1.82) is 0 Å². The molecule has 0 aliphatic heterocycles. The van der Waals surface area contributed by atoms with Crippen LogP contribution in [0.15, 0.2) is 24.3 Å². The van der Waals surface area contributed by atoms with Gasteiger partial charge in [0.05, 0.1) is 0 Å². The standard InChI is InChI=1S/C7H8O.2C3H8.2H3O3PS/c1-6-4-2-3-5-7(6)8;2*1-3-2;2*1-4(2,3)5/h2-5,8H,1H3;2*3H2,1-2H3;2*(H3,1,2,3,5). The summed E-state index contributed by atoms with van der Waals surface area (Å²) in [6, 6.07) is 7.25. The number of aryl methyl sites for hydroxylation is 1. The minimum Gasteiger partial charge on any atom is -0.508 e. The Morgan fingerprint density at radius 2 is 0.958 bits per heavy atom. The van der Waals surface area contributed by atoms with E-state index >= 15 is 0 Å². The van der Waals surface area contributed by atoms with Crippen molar-refractivity contribution in [3.05, 3.63) is 29.8 Å². The molecule has 1 aromatic carbocycles. The van der Waals surface area contributed by atoms with Crippen molar-refractivity contribution in [1.82, 2.24) is 0 Å². The lowest BCUT2D eigenvalue weighted by molar-refractivity contribution is 0.361. The molecular formula is C13H30O7P2S2. The maximum Gasteiger partial charge on any atom is 0.319 e. The summed E-state index contributed by atoms with van der Waals surface area (Å²) in [5, 5.41) is 8.92. The van der Waals surface area contributed by atoms with Gasteiger partial charge in [0, 0.05) is 0 Å². The first-order valence-electron chi connectivity index (χ1n) is 6.94. The predicted octanol–water partition coefficient (Wildman–Crippen LogP) is 2.91. The second-order valence-electron chi connectivity index (χ2n) is 4.23. The number of aromatic hydroxyl groups is 1. The minimum absolute atomic E-state index is 0.368. The normalized spacial score (nSPS) is 9.46. The van der Waals surface area contributed by atoms with Gasteiger partial charge in [-0.2, -0.15) is 0 Å². The largest absolute Gasteiger partial charge is 0.508 e. The van der Waals surface area contributed by atoms with E-state index in [1.807, 2.05) is 25.1 Å². The van der Waals surface area contributed by atoms with Gasteiger partial charge < -0.3 is 34.5 Å². The third-order valence-electron chi connectivity index (χ3n) is 1.12. The van der Waals surface area contributed by atoms with Crippen LogP contribution in [-0.4, -0.2) is 34.5 Å². The summed E-state index contributed by atoms with van der Waals surface area (Å²) < 4.78 is 0. The maximum atomic E-state index is 8.92. The maximum absolute atomic E-state index is 8.92. The average molecular weight is 424 g/mol. The highest BCUT2D eigenvalue weighted by atomic mass is 32.5. The van der Waals surface area contributed by atoms with Crippen LogP contribution in [0, 0.1) is 6.92 Å². The van der Waals surface area contributed by atoms with Gasteiger partial charge in [-0.3, -0.25) is 0 Å². The SMILES string of the molecule is CCC.CCC.Cc1ccccc1O.OP(O)(O)=S.OP(O)(O)=S. The summed E-state index contributed by atoms with van der Waals surface area (Å²) in [6.07, 6.45) is 2.50. The van der Waals surface area contributed by atoms with Crippen LogP contribution >= 0.6 is 13.4 Å². The summed E-state index contributed by atoms with van der Waals surface area (Å²) in [7, 11) is 0. The van der Waals surface area contributed by atoms with Gasteiger partial charge in [0.1, 0.15) is 5.75 Å². The molecule has 7 N–H and O–H groups in total. The van der Waals surface area contributed by atoms with Crippen molar-refractivity contribution in [2.75, 3.05) is 0 Å². The zero-order valence-electron chi connectivity index (χ0n) is 14.6. The van der Waals surface area contributed by atoms with Crippen LogP contribution in [0.5, 0.6) is 5.75 Å². The molecule has 0 aromatic heterocycles. The second-order valence-corrected chi connectivity index (χ2v) is 9.22. The zero-order valence-corrected chi connectivity index (χ0v) is 18.0. The Morgan fingerprint density at radius 3 is 1.08 bits per heavy atom. The molecule has 146 valence electrons. The molecule has 0 aliphatic carbocycles. The molecule has 0 unspecified atom stereocenters. The number of hydrogen-bond donors (Lipinski definition) is 7. The number of phenolic OH excluding ortho intramolecular Hbond substituents is 1. The highest BCUT2D eigenvalue weighted by molar-refractivity contribution is 8.06. The molecule has 7 nitrogen and oxygen atoms in total. The molecule has 24 heavy (non-hydrogen) atoms. The molecule has 11 heteroatoms. The van der Waals surface area contributed by atoms with E-state index in [1.165, 1.54) is 12.8 Å². The number of para-hydroxylation sites is 1. The first-order valence-corrected chi connectivity index (χ1v) is 12.3. The molecular weight excluding hydrogens is 394 g/mol. The van der Waals surface area contributed by atoms with E-state index < -0.39 is 13.4 Å². The fraction of sp³-hybridized carbons (Fsp3) is 0.538. The molecule has 0 fully saturated rings. The summed E-state index contributed by atoms with van der Waals surface area (Å²) in [5.74, 6) is 0.368. The van der Waals surface area contributed by atoms with Crippen LogP contribution < -0.4 is 0 Å². The highest BCUT2D eigenvalue weighted by Crippen LogP contribution is 2.26. The number of benzene rings is 1. The van der Waals surface area contributed by atoms with E-state index in [4.69, 9.17) is 34.5 Å². The summed E-state index contributed by atoms with van der Waals surface area (Å²) in [4.78, 5) is 45.3. The lowest BCUT2D eigenvalue weighted by Crippen LogP contribution is -1.68. The molecule has 0 spiro atoms. The molecule has 0 heterocycles. The van der Waals surface area contributed by atoms with Gasteiger partial charge in [0.15, 0.2) is 0 Å². The van der Waals surface area contributed by atoms with Gasteiger partial charge in [-0.05, 0) is 42.2 Å². The molecule has 0 amide bonds. The van der Waals surface area contributed by atoms with Gasteiger partial charge in [-0.1, -0.05) is 58.7 Å². The fourth-order valence-electron chi connectivity index (χ4n) is 0.563. The number of hydrogen-bond acceptors (Lipinski definition) is 3.